The fourth-order valence-electron chi connectivity index (χ4n) is 2.69. The van der Waals surface area contributed by atoms with E-state index in [0.29, 0.717) is 18.9 Å². The third kappa shape index (κ3) is 4.37. The number of aromatic nitrogens is 1. The summed E-state index contributed by atoms with van der Waals surface area (Å²) in [6.07, 6.45) is 3.14. The zero-order chi connectivity index (χ0) is 18.5. The van der Waals surface area contributed by atoms with Crippen molar-refractivity contribution in [2.45, 2.75) is 25.9 Å². The second-order valence-corrected chi connectivity index (χ2v) is 6.10. The Labute approximate surface area is 151 Å². The van der Waals surface area contributed by atoms with Crippen LogP contribution in [0.1, 0.15) is 39.3 Å². The molecule has 136 valence electrons. The number of aromatic carboxylic acids is 1. The van der Waals surface area contributed by atoms with Gasteiger partial charge in [0.05, 0.1) is 18.8 Å². The van der Waals surface area contributed by atoms with Crippen molar-refractivity contribution in [3.63, 3.8) is 0 Å². The number of amides is 1. The molecule has 1 aliphatic rings. The van der Waals surface area contributed by atoms with E-state index < -0.39 is 5.97 Å². The maximum Gasteiger partial charge on any atom is 0.354 e. The summed E-state index contributed by atoms with van der Waals surface area (Å²) in [5.41, 5.74) is 1.74. The fraction of sp³-hybridized carbons (Fsp3) is 0.316. The molecule has 1 aromatic heterocycles. The van der Waals surface area contributed by atoms with Crippen molar-refractivity contribution in [2.24, 2.45) is 0 Å². The molecule has 1 fully saturated rings. The van der Waals surface area contributed by atoms with Crippen molar-refractivity contribution in [3.05, 3.63) is 53.3 Å². The molecule has 2 heterocycles. The average molecular weight is 356 g/mol. The lowest BCUT2D eigenvalue weighted by atomic mass is 10.1. The first-order valence-electron chi connectivity index (χ1n) is 8.38. The van der Waals surface area contributed by atoms with Crippen molar-refractivity contribution < 1.29 is 24.2 Å². The summed E-state index contributed by atoms with van der Waals surface area (Å²) in [6, 6.07) is 8.19. The van der Waals surface area contributed by atoms with Crippen LogP contribution in [0.25, 0.3) is 0 Å². The van der Waals surface area contributed by atoms with Crippen LogP contribution in [0.2, 0.25) is 0 Å². The number of carbonyl (C=O) groups excluding carboxylic acids is 1. The van der Waals surface area contributed by atoms with Gasteiger partial charge in [-0.05, 0) is 42.8 Å². The van der Waals surface area contributed by atoms with Crippen molar-refractivity contribution in [1.82, 2.24) is 4.98 Å². The van der Waals surface area contributed by atoms with E-state index in [0.717, 1.165) is 24.2 Å². The number of rotatable bonds is 5. The Morgan fingerprint density at radius 3 is 2.62 bits per heavy atom. The Bertz CT molecular complexity index is 798. The van der Waals surface area contributed by atoms with E-state index in [1.54, 1.807) is 6.07 Å². The molecule has 3 rings (SSSR count). The highest BCUT2D eigenvalue weighted by Gasteiger charge is 2.16. The third-order valence-electron chi connectivity index (χ3n) is 4.14. The normalized spacial score (nSPS) is 14.7. The average Bonchev–Trinajstić information content (AvgIpc) is 2.65. The van der Waals surface area contributed by atoms with Crippen LogP contribution in [0.5, 0.6) is 5.75 Å². The Kier molecular flexibility index (Phi) is 5.48. The van der Waals surface area contributed by atoms with E-state index >= 15 is 0 Å². The molecule has 26 heavy (non-hydrogen) atoms. The van der Waals surface area contributed by atoms with Gasteiger partial charge in [0.1, 0.15) is 17.5 Å². The summed E-state index contributed by atoms with van der Waals surface area (Å²) in [4.78, 5) is 26.8. The van der Waals surface area contributed by atoms with Crippen LogP contribution in [0.15, 0.2) is 36.5 Å². The van der Waals surface area contributed by atoms with Crippen LogP contribution in [0, 0.1) is 6.92 Å². The summed E-state index contributed by atoms with van der Waals surface area (Å²) in [6.45, 7) is 3.35. The minimum Gasteiger partial charge on any atom is -0.490 e. The first kappa shape index (κ1) is 17.9. The van der Waals surface area contributed by atoms with E-state index in [2.05, 4.69) is 10.3 Å². The van der Waals surface area contributed by atoms with Crippen LogP contribution in [-0.4, -0.2) is 41.3 Å². The molecule has 0 unspecified atom stereocenters. The van der Waals surface area contributed by atoms with Gasteiger partial charge >= 0.3 is 5.97 Å². The molecule has 1 saturated heterocycles. The van der Waals surface area contributed by atoms with Gasteiger partial charge in [-0.1, -0.05) is 0 Å². The van der Waals surface area contributed by atoms with Crippen molar-refractivity contribution >= 4 is 17.6 Å². The maximum absolute atomic E-state index is 12.3. The summed E-state index contributed by atoms with van der Waals surface area (Å²) in [7, 11) is 0. The molecule has 2 N–H and O–H groups in total. The summed E-state index contributed by atoms with van der Waals surface area (Å²) in [5.74, 6) is -0.693. The van der Waals surface area contributed by atoms with E-state index in [-0.39, 0.29) is 23.3 Å². The van der Waals surface area contributed by atoms with Gasteiger partial charge in [0.2, 0.25) is 0 Å². The molecule has 0 aliphatic carbocycles. The number of hydrogen-bond donors (Lipinski definition) is 2. The number of aryl methyl sites for hydroxylation is 1. The molecule has 0 bridgehead atoms. The molecule has 1 aromatic carbocycles. The zero-order valence-electron chi connectivity index (χ0n) is 14.4. The van der Waals surface area contributed by atoms with Gasteiger partial charge in [-0.15, -0.1) is 0 Å². The molecule has 0 atom stereocenters. The third-order valence-corrected chi connectivity index (χ3v) is 4.14. The predicted molar refractivity (Wildman–Crippen MR) is 94.8 cm³/mol. The van der Waals surface area contributed by atoms with Crippen molar-refractivity contribution in [1.29, 1.82) is 0 Å². The lowest BCUT2D eigenvalue weighted by Crippen LogP contribution is -2.26. The number of hydrogen-bond acceptors (Lipinski definition) is 5. The van der Waals surface area contributed by atoms with Crippen LogP contribution in [0.4, 0.5) is 5.69 Å². The lowest BCUT2D eigenvalue weighted by molar-refractivity contribution is 0.0253. The number of anilines is 1. The van der Waals surface area contributed by atoms with Crippen LogP contribution < -0.4 is 10.1 Å². The van der Waals surface area contributed by atoms with Crippen molar-refractivity contribution in [2.75, 3.05) is 18.5 Å². The van der Waals surface area contributed by atoms with Gasteiger partial charge in [0.25, 0.3) is 5.91 Å². The number of nitrogens with zero attached hydrogens (tertiary/aromatic N) is 1. The topological polar surface area (TPSA) is 97.8 Å². The SMILES string of the molecule is Cc1cc(NC(=O)c2ccc(C(=O)O)nc2)ccc1OC1CCOCC1. The molecule has 7 nitrogen and oxygen atoms in total. The quantitative estimate of drug-likeness (QED) is 0.855. The second-order valence-electron chi connectivity index (χ2n) is 6.10. The molecule has 2 aromatic rings. The van der Waals surface area contributed by atoms with Gasteiger partial charge in [-0.25, -0.2) is 9.78 Å². The van der Waals surface area contributed by atoms with E-state index in [4.69, 9.17) is 14.6 Å². The first-order valence-corrected chi connectivity index (χ1v) is 8.38. The second kappa shape index (κ2) is 7.97. The molecule has 1 amide bonds. The molecule has 1 aliphatic heterocycles. The summed E-state index contributed by atoms with van der Waals surface area (Å²) >= 11 is 0. The monoisotopic (exact) mass is 356 g/mol. The highest BCUT2D eigenvalue weighted by molar-refractivity contribution is 6.04. The molecular weight excluding hydrogens is 336 g/mol. The standard InChI is InChI=1S/C19H20N2O5/c1-12-10-14(3-5-17(12)26-15-6-8-25-9-7-15)21-18(22)13-2-4-16(19(23)24)20-11-13/h2-5,10-11,15H,6-9H2,1H3,(H,21,22)(H,23,24). The summed E-state index contributed by atoms with van der Waals surface area (Å²) < 4.78 is 11.3. The minimum atomic E-state index is -1.13. The lowest BCUT2D eigenvalue weighted by Gasteiger charge is -2.24. The predicted octanol–water partition coefficient (Wildman–Crippen LogP) is 2.90. The van der Waals surface area contributed by atoms with Gasteiger partial charge in [-0.3, -0.25) is 4.79 Å². The molecule has 0 spiro atoms. The molecule has 0 radical (unpaired) electrons. The largest absolute Gasteiger partial charge is 0.490 e. The van der Waals surface area contributed by atoms with Gasteiger partial charge < -0.3 is 19.9 Å². The van der Waals surface area contributed by atoms with Crippen molar-refractivity contribution in [3.8, 4) is 5.75 Å². The minimum absolute atomic E-state index is 0.105. The highest BCUT2D eigenvalue weighted by Crippen LogP contribution is 2.25. The number of carbonyl (C=O) groups is 2. The number of carboxylic acid groups (broad SMARTS) is 1. The zero-order valence-corrected chi connectivity index (χ0v) is 14.4. The molecule has 7 heteroatoms. The Morgan fingerprint density at radius 1 is 1.23 bits per heavy atom. The van der Waals surface area contributed by atoms with Crippen LogP contribution >= 0.6 is 0 Å². The van der Waals surface area contributed by atoms with Gasteiger partial charge in [0.15, 0.2) is 0 Å². The smallest absolute Gasteiger partial charge is 0.354 e. The van der Waals surface area contributed by atoms with Crippen LogP contribution in [-0.2, 0) is 4.74 Å². The van der Waals surface area contributed by atoms with E-state index in [1.165, 1.54) is 18.3 Å². The number of carboxylic acids is 1. The highest BCUT2D eigenvalue weighted by atomic mass is 16.5. The first-order chi connectivity index (χ1) is 12.5. The fourth-order valence-corrected chi connectivity index (χ4v) is 2.69. The number of benzene rings is 1. The number of pyridine rings is 1. The molecule has 0 saturated carbocycles. The number of ether oxygens (including phenoxy) is 2. The summed E-state index contributed by atoms with van der Waals surface area (Å²) in [5, 5.41) is 11.6. The van der Waals surface area contributed by atoms with Crippen LogP contribution in [0.3, 0.4) is 0 Å². The van der Waals surface area contributed by atoms with Gasteiger partial charge in [0, 0.05) is 24.7 Å². The van der Waals surface area contributed by atoms with Gasteiger partial charge in [-0.2, -0.15) is 0 Å². The maximum atomic E-state index is 12.3. The van der Waals surface area contributed by atoms with E-state index in [9.17, 15) is 9.59 Å². The Hall–Kier alpha value is -2.93. The molecular formula is C19H20N2O5. The van der Waals surface area contributed by atoms with E-state index in [1.807, 2.05) is 19.1 Å². The Morgan fingerprint density at radius 2 is 2.00 bits per heavy atom. The Balaban J connectivity index is 1.64. The number of nitrogens with one attached hydrogen (secondary N) is 1.